The highest BCUT2D eigenvalue weighted by atomic mass is 16.3. The Kier molecular flexibility index (Phi) is 6.42. The zero-order chi connectivity index (χ0) is 27.6. The standard InChI is InChI=1S/C28H32N2O7/c1-27(2,3)17-11-13(7-6-8-30(4)5)16-10-14-9-15-12-18(31)21(26(29)36)25(35)28(15,37)24(34)19(14)23(33)20(16)22(17)32/h11,14-15,19,21,32,37H,8-10,12H2,1-5H3,(H2,29,36)/t14-,15+,19?,21?,28+/m1/s1. The Morgan fingerprint density at radius 1 is 1.16 bits per heavy atom. The van der Waals surface area contributed by atoms with Crippen LogP contribution in [0.5, 0.6) is 5.75 Å². The fourth-order valence-corrected chi connectivity index (χ4v) is 6.01. The molecule has 0 aromatic heterocycles. The van der Waals surface area contributed by atoms with Gasteiger partial charge in [-0.1, -0.05) is 32.6 Å². The van der Waals surface area contributed by atoms with Gasteiger partial charge in [0.1, 0.15) is 5.75 Å². The maximum atomic E-state index is 13.9. The molecule has 4 N–H and O–H groups in total. The van der Waals surface area contributed by atoms with Crippen LogP contribution in [0.4, 0.5) is 0 Å². The highest BCUT2D eigenvalue weighted by Gasteiger charge is 2.66. The second-order valence-corrected chi connectivity index (χ2v) is 11.7. The van der Waals surface area contributed by atoms with Crippen molar-refractivity contribution in [2.45, 2.75) is 51.0 Å². The predicted molar refractivity (Wildman–Crippen MR) is 133 cm³/mol. The number of amides is 1. The van der Waals surface area contributed by atoms with Gasteiger partial charge >= 0.3 is 0 Å². The van der Waals surface area contributed by atoms with Crippen LogP contribution >= 0.6 is 0 Å². The van der Waals surface area contributed by atoms with Gasteiger partial charge in [-0.15, -0.1) is 0 Å². The van der Waals surface area contributed by atoms with E-state index in [2.05, 4.69) is 11.8 Å². The van der Waals surface area contributed by atoms with Crippen molar-refractivity contribution in [1.29, 1.82) is 0 Å². The number of carbonyl (C=O) groups excluding carboxylic acids is 5. The zero-order valence-corrected chi connectivity index (χ0v) is 21.7. The highest BCUT2D eigenvalue weighted by molar-refractivity contribution is 6.31. The number of primary amides is 1. The lowest BCUT2D eigenvalue weighted by Gasteiger charge is -2.48. The molecule has 0 radical (unpaired) electrons. The SMILES string of the molecule is CN(C)CC#Cc1cc(C(C)(C)C)c(O)c2c1C[C@H]1C[C@H]3CC(=O)C(C(N)=O)C(=O)[C@@]3(O)C(=O)C1C2=O. The summed E-state index contributed by atoms with van der Waals surface area (Å²) in [4.78, 5) is 66.8. The first kappa shape index (κ1) is 26.7. The summed E-state index contributed by atoms with van der Waals surface area (Å²) in [6.45, 7) is 6.10. The molecule has 2 unspecified atom stereocenters. The molecule has 1 aromatic rings. The van der Waals surface area contributed by atoms with Crippen LogP contribution in [0, 0.1) is 35.5 Å². The number of Topliss-reactive ketones (excluding diaryl/α,β-unsaturated/α-hetero) is 4. The first-order valence-corrected chi connectivity index (χ1v) is 12.3. The van der Waals surface area contributed by atoms with Crippen LogP contribution in [-0.2, 0) is 31.0 Å². The minimum atomic E-state index is -2.66. The Balaban J connectivity index is 1.87. The minimum Gasteiger partial charge on any atom is -0.507 e. The number of ketones is 4. The second kappa shape index (κ2) is 8.89. The summed E-state index contributed by atoms with van der Waals surface area (Å²) in [5, 5.41) is 22.6. The van der Waals surface area contributed by atoms with E-state index in [-0.39, 0.29) is 30.6 Å². The van der Waals surface area contributed by atoms with E-state index in [1.807, 2.05) is 39.8 Å². The number of carbonyl (C=O) groups is 5. The molecule has 196 valence electrons. The molecule has 0 aliphatic heterocycles. The normalized spacial score (nSPS) is 29.3. The van der Waals surface area contributed by atoms with Crippen molar-refractivity contribution in [2.24, 2.45) is 29.4 Å². The van der Waals surface area contributed by atoms with Crippen LogP contribution in [0.25, 0.3) is 0 Å². The van der Waals surface area contributed by atoms with Gasteiger partial charge in [0.05, 0.1) is 18.0 Å². The molecule has 0 spiro atoms. The summed E-state index contributed by atoms with van der Waals surface area (Å²) in [6, 6.07) is 1.77. The first-order chi connectivity index (χ1) is 17.1. The van der Waals surface area contributed by atoms with Crippen LogP contribution in [-0.4, -0.2) is 70.4 Å². The van der Waals surface area contributed by atoms with E-state index < -0.39 is 63.7 Å². The van der Waals surface area contributed by atoms with E-state index in [0.717, 1.165) is 0 Å². The zero-order valence-electron chi connectivity index (χ0n) is 21.7. The van der Waals surface area contributed by atoms with E-state index in [1.54, 1.807) is 6.07 Å². The molecule has 9 heteroatoms. The number of nitrogens with two attached hydrogens (primary N) is 1. The van der Waals surface area contributed by atoms with Gasteiger partial charge in [0.15, 0.2) is 34.7 Å². The summed E-state index contributed by atoms with van der Waals surface area (Å²) in [6.07, 6.45) is -0.112. The molecule has 2 saturated carbocycles. The average molecular weight is 509 g/mol. The van der Waals surface area contributed by atoms with Gasteiger partial charge in [0.25, 0.3) is 0 Å². The average Bonchev–Trinajstić information content (AvgIpc) is 2.76. The number of phenolic OH excluding ortho intramolecular Hbond substituents is 1. The second-order valence-electron chi connectivity index (χ2n) is 11.7. The van der Waals surface area contributed by atoms with E-state index in [0.29, 0.717) is 23.2 Å². The Hall–Kier alpha value is -3.35. The molecule has 37 heavy (non-hydrogen) atoms. The molecule has 0 bridgehead atoms. The molecule has 1 aromatic carbocycles. The Morgan fingerprint density at radius 2 is 1.81 bits per heavy atom. The van der Waals surface area contributed by atoms with Crippen LogP contribution in [0.2, 0.25) is 0 Å². The molecule has 1 amide bonds. The number of phenols is 1. The molecule has 0 heterocycles. The number of fused-ring (bicyclic) bond motifs is 3. The Morgan fingerprint density at radius 3 is 2.38 bits per heavy atom. The molecule has 2 fully saturated rings. The van der Waals surface area contributed by atoms with E-state index in [9.17, 15) is 34.2 Å². The van der Waals surface area contributed by atoms with Gasteiger partial charge in [-0.05, 0) is 49.9 Å². The van der Waals surface area contributed by atoms with Crippen LogP contribution < -0.4 is 5.73 Å². The summed E-state index contributed by atoms with van der Waals surface area (Å²) in [7, 11) is 3.75. The number of hydrogen-bond donors (Lipinski definition) is 3. The monoisotopic (exact) mass is 508 g/mol. The largest absolute Gasteiger partial charge is 0.507 e. The van der Waals surface area contributed by atoms with Crippen molar-refractivity contribution in [3.05, 3.63) is 28.3 Å². The fourth-order valence-electron chi connectivity index (χ4n) is 6.01. The minimum absolute atomic E-state index is 0.0241. The molecule has 5 atom stereocenters. The predicted octanol–water partition coefficient (Wildman–Crippen LogP) is 0.538. The maximum Gasteiger partial charge on any atom is 0.235 e. The highest BCUT2D eigenvalue weighted by Crippen LogP contribution is 2.51. The van der Waals surface area contributed by atoms with Gasteiger partial charge in [-0.25, -0.2) is 0 Å². The molecule has 4 rings (SSSR count). The van der Waals surface area contributed by atoms with Crippen LogP contribution in [0.1, 0.15) is 60.7 Å². The first-order valence-electron chi connectivity index (χ1n) is 12.3. The van der Waals surface area contributed by atoms with Crippen molar-refractivity contribution in [3.63, 3.8) is 0 Å². The van der Waals surface area contributed by atoms with Gasteiger partial charge in [-0.2, -0.15) is 0 Å². The third-order valence-corrected chi connectivity index (χ3v) is 7.83. The molecular formula is C28H32N2O7. The number of aliphatic hydroxyl groups is 1. The summed E-state index contributed by atoms with van der Waals surface area (Å²) in [5.74, 6) is -3.99. The van der Waals surface area contributed by atoms with Crippen molar-refractivity contribution in [3.8, 4) is 17.6 Å². The van der Waals surface area contributed by atoms with Gasteiger partial charge in [0, 0.05) is 23.5 Å². The van der Waals surface area contributed by atoms with Crippen molar-refractivity contribution in [1.82, 2.24) is 4.90 Å². The number of aromatic hydroxyl groups is 1. The van der Waals surface area contributed by atoms with Crippen molar-refractivity contribution < 1.29 is 34.2 Å². The number of rotatable bonds is 2. The van der Waals surface area contributed by atoms with E-state index >= 15 is 0 Å². The van der Waals surface area contributed by atoms with Gasteiger partial charge in [-0.3, -0.25) is 28.9 Å². The van der Waals surface area contributed by atoms with Crippen molar-refractivity contribution >= 4 is 29.0 Å². The number of hydrogen-bond acceptors (Lipinski definition) is 8. The smallest absolute Gasteiger partial charge is 0.235 e. The van der Waals surface area contributed by atoms with Crippen LogP contribution in [0.3, 0.4) is 0 Å². The lowest BCUT2D eigenvalue weighted by atomic mass is 9.53. The fraction of sp³-hybridized carbons (Fsp3) is 0.536. The lowest BCUT2D eigenvalue weighted by Crippen LogP contribution is -2.68. The lowest BCUT2D eigenvalue weighted by molar-refractivity contribution is -0.175. The molecule has 3 aliphatic carbocycles. The maximum absolute atomic E-state index is 13.9. The Bertz CT molecular complexity index is 1310. The number of benzene rings is 1. The topological polar surface area (TPSA) is 155 Å². The quantitative estimate of drug-likeness (QED) is 0.386. The molecule has 3 aliphatic rings. The van der Waals surface area contributed by atoms with Gasteiger partial charge in [0.2, 0.25) is 5.91 Å². The summed E-state index contributed by atoms with van der Waals surface area (Å²) < 4.78 is 0. The molecule has 0 saturated heterocycles. The summed E-state index contributed by atoms with van der Waals surface area (Å²) in [5.41, 5.74) is 3.57. The molecule has 9 nitrogen and oxygen atoms in total. The van der Waals surface area contributed by atoms with E-state index in [4.69, 9.17) is 5.73 Å². The number of nitrogens with zero attached hydrogens (tertiary/aromatic N) is 1. The third-order valence-electron chi connectivity index (χ3n) is 7.83. The van der Waals surface area contributed by atoms with E-state index in [1.165, 1.54) is 0 Å². The van der Waals surface area contributed by atoms with Crippen LogP contribution in [0.15, 0.2) is 6.07 Å². The Labute approximate surface area is 215 Å². The summed E-state index contributed by atoms with van der Waals surface area (Å²) >= 11 is 0. The molecular weight excluding hydrogens is 476 g/mol. The van der Waals surface area contributed by atoms with Crippen molar-refractivity contribution in [2.75, 3.05) is 20.6 Å². The third kappa shape index (κ3) is 4.09. The van der Waals surface area contributed by atoms with Gasteiger partial charge < -0.3 is 15.9 Å².